The van der Waals surface area contributed by atoms with Gasteiger partial charge in [-0.05, 0) is 30.7 Å². The average Bonchev–Trinajstić information content (AvgIpc) is 3.18. The number of fused-ring (bicyclic) bond motifs is 1. The summed E-state index contributed by atoms with van der Waals surface area (Å²) in [5.74, 6) is 0.804. The summed E-state index contributed by atoms with van der Waals surface area (Å²) in [7, 11) is 0. The van der Waals surface area contributed by atoms with Crippen LogP contribution in [0.5, 0.6) is 0 Å². The first-order chi connectivity index (χ1) is 12.1. The molecular formula is C17H19ClN4O2S. The van der Waals surface area contributed by atoms with Gasteiger partial charge in [-0.3, -0.25) is 9.59 Å². The third-order valence-corrected chi connectivity index (χ3v) is 5.10. The van der Waals surface area contributed by atoms with Crippen molar-refractivity contribution in [3.8, 4) is 5.69 Å². The van der Waals surface area contributed by atoms with E-state index in [0.29, 0.717) is 17.4 Å². The predicted molar refractivity (Wildman–Crippen MR) is 100 cm³/mol. The molecule has 2 N–H and O–H groups in total. The molecule has 1 aromatic heterocycles. The molecule has 0 saturated heterocycles. The molecule has 2 heterocycles. The van der Waals surface area contributed by atoms with Crippen LogP contribution in [0.15, 0.2) is 24.3 Å². The highest BCUT2D eigenvalue weighted by Gasteiger charge is 2.26. The van der Waals surface area contributed by atoms with Gasteiger partial charge in [0.15, 0.2) is 0 Å². The van der Waals surface area contributed by atoms with Crippen LogP contribution in [-0.4, -0.2) is 28.1 Å². The van der Waals surface area contributed by atoms with Crippen LogP contribution in [0.25, 0.3) is 5.69 Å². The molecule has 0 saturated carbocycles. The number of carbonyl (C=O) groups excluding carboxylic acids is 2. The Labute approximate surface area is 155 Å². The highest BCUT2D eigenvalue weighted by atomic mass is 35.5. The summed E-state index contributed by atoms with van der Waals surface area (Å²) in [5, 5.41) is 10.6. The number of benzene rings is 1. The van der Waals surface area contributed by atoms with Crippen molar-refractivity contribution in [3.05, 3.63) is 40.5 Å². The van der Waals surface area contributed by atoms with Crippen molar-refractivity contribution in [2.45, 2.75) is 31.3 Å². The first-order valence-corrected chi connectivity index (χ1v) is 9.67. The number of thioether (sulfide) groups is 1. The Morgan fingerprint density at radius 3 is 2.72 bits per heavy atom. The van der Waals surface area contributed by atoms with E-state index >= 15 is 0 Å². The van der Waals surface area contributed by atoms with E-state index in [4.69, 9.17) is 11.6 Å². The van der Waals surface area contributed by atoms with Crippen LogP contribution in [0.3, 0.4) is 0 Å². The third-order valence-electron chi connectivity index (χ3n) is 3.88. The van der Waals surface area contributed by atoms with Crippen LogP contribution in [0.1, 0.15) is 31.0 Å². The van der Waals surface area contributed by atoms with Crippen molar-refractivity contribution >= 4 is 41.0 Å². The molecule has 0 spiro atoms. The van der Waals surface area contributed by atoms with Gasteiger partial charge in [-0.25, -0.2) is 4.68 Å². The molecule has 1 aliphatic rings. The predicted octanol–water partition coefficient (Wildman–Crippen LogP) is 3.13. The fourth-order valence-electron chi connectivity index (χ4n) is 2.53. The zero-order valence-corrected chi connectivity index (χ0v) is 15.4. The molecular weight excluding hydrogens is 360 g/mol. The molecule has 3 rings (SSSR count). The summed E-state index contributed by atoms with van der Waals surface area (Å²) in [5.41, 5.74) is 2.68. The number of hydrogen-bond acceptors (Lipinski definition) is 4. The largest absolute Gasteiger partial charge is 0.348 e. The van der Waals surface area contributed by atoms with E-state index < -0.39 is 11.8 Å². The highest BCUT2D eigenvalue weighted by molar-refractivity contribution is 7.98. The van der Waals surface area contributed by atoms with Crippen LogP contribution >= 0.6 is 23.4 Å². The molecule has 132 valence electrons. The van der Waals surface area contributed by atoms with Gasteiger partial charge in [0.1, 0.15) is 5.82 Å². The van der Waals surface area contributed by atoms with Gasteiger partial charge >= 0.3 is 11.8 Å². The lowest BCUT2D eigenvalue weighted by molar-refractivity contribution is -0.136. The minimum absolute atomic E-state index is 0.493. The van der Waals surface area contributed by atoms with Crippen molar-refractivity contribution in [2.75, 3.05) is 11.9 Å². The average molecular weight is 379 g/mol. The van der Waals surface area contributed by atoms with Gasteiger partial charge in [-0.1, -0.05) is 24.9 Å². The Hall–Kier alpha value is -1.99. The molecule has 0 radical (unpaired) electrons. The molecule has 0 bridgehead atoms. The fourth-order valence-corrected chi connectivity index (χ4v) is 3.69. The first-order valence-electron chi connectivity index (χ1n) is 8.13. The van der Waals surface area contributed by atoms with Gasteiger partial charge in [-0.15, -0.1) is 0 Å². The topological polar surface area (TPSA) is 76.0 Å². The van der Waals surface area contributed by atoms with E-state index in [2.05, 4.69) is 15.7 Å². The molecule has 0 aliphatic carbocycles. The monoisotopic (exact) mass is 378 g/mol. The summed E-state index contributed by atoms with van der Waals surface area (Å²) >= 11 is 7.68. The molecule has 25 heavy (non-hydrogen) atoms. The normalized spacial score (nSPS) is 12.7. The zero-order valence-electron chi connectivity index (χ0n) is 13.8. The van der Waals surface area contributed by atoms with E-state index in [1.165, 1.54) is 0 Å². The molecule has 2 amide bonds. The molecule has 0 unspecified atom stereocenters. The first kappa shape index (κ1) is 17.8. The number of nitrogens with one attached hydrogen (secondary N) is 2. The lowest BCUT2D eigenvalue weighted by atomic mass is 10.2. The number of nitrogens with zero attached hydrogens (tertiary/aromatic N) is 2. The summed E-state index contributed by atoms with van der Waals surface area (Å²) in [6.45, 7) is 2.52. The Morgan fingerprint density at radius 1 is 1.24 bits per heavy atom. The molecule has 2 aromatic rings. The van der Waals surface area contributed by atoms with Crippen LogP contribution in [0.2, 0.25) is 5.02 Å². The molecule has 0 fully saturated rings. The number of amides is 2. The number of anilines is 1. The van der Waals surface area contributed by atoms with E-state index in [1.54, 1.807) is 28.6 Å². The summed E-state index contributed by atoms with van der Waals surface area (Å²) < 4.78 is 1.66. The van der Waals surface area contributed by atoms with Crippen molar-refractivity contribution < 1.29 is 9.59 Å². The standard InChI is InChI=1S/C17H19ClN4O2S/c1-2-3-8-19-16(23)17(24)20-15-13-9-25-10-14(13)21-22(15)12-6-4-11(18)5-7-12/h4-7H,2-3,8-10H2,1H3,(H,19,23)(H,20,24). The maximum Gasteiger partial charge on any atom is 0.314 e. The van der Waals surface area contributed by atoms with E-state index in [1.807, 2.05) is 19.1 Å². The van der Waals surface area contributed by atoms with Crippen LogP contribution in [0, 0.1) is 0 Å². The molecule has 0 atom stereocenters. The highest BCUT2D eigenvalue weighted by Crippen LogP contribution is 2.36. The fraction of sp³-hybridized carbons (Fsp3) is 0.353. The van der Waals surface area contributed by atoms with Crippen LogP contribution < -0.4 is 10.6 Å². The number of rotatable bonds is 5. The number of halogens is 1. The van der Waals surface area contributed by atoms with Crippen LogP contribution in [0.4, 0.5) is 5.82 Å². The van der Waals surface area contributed by atoms with Crippen molar-refractivity contribution in [3.63, 3.8) is 0 Å². The van der Waals surface area contributed by atoms with Gasteiger partial charge in [0, 0.05) is 28.6 Å². The minimum atomic E-state index is -0.675. The second kappa shape index (κ2) is 7.93. The minimum Gasteiger partial charge on any atom is -0.348 e. The van der Waals surface area contributed by atoms with Crippen molar-refractivity contribution in [2.24, 2.45) is 0 Å². The van der Waals surface area contributed by atoms with Crippen LogP contribution in [-0.2, 0) is 21.1 Å². The molecule has 1 aliphatic heterocycles. The zero-order chi connectivity index (χ0) is 17.8. The molecule has 6 nitrogen and oxygen atoms in total. The van der Waals surface area contributed by atoms with Gasteiger partial charge in [-0.2, -0.15) is 16.9 Å². The summed E-state index contributed by atoms with van der Waals surface area (Å²) in [6, 6.07) is 7.19. The van der Waals surface area contributed by atoms with Gasteiger partial charge < -0.3 is 10.6 Å². The van der Waals surface area contributed by atoms with Gasteiger partial charge in [0.05, 0.1) is 11.4 Å². The number of carbonyl (C=O) groups is 2. The maximum absolute atomic E-state index is 12.2. The smallest absolute Gasteiger partial charge is 0.314 e. The lowest BCUT2D eigenvalue weighted by Gasteiger charge is -2.11. The SMILES string of the molecule is CCCCNC(=O)C(=O)Nc1c2c(nn1-c1ccc(Cl)cc1)CSC2. The number of unbranched alkanes of at least 4 members (excludes halogenated alkanes) is 1. The van der Waals surface area contributed by atoms with E-state index in [9.17, 15) is 9.59 Å². The number of aromatic nitrogens is 2. The Balaban J connectivity index is 1.84. The van der Waals surface area contributed by atoms with Gasteiger partial charge in [0.2, 0.25) is 0 Å². The van der Waals surface area contributed by atoms with E-state index in [-0.39, 0.29) is 0 Å². The summed E-state index contributed by atoms with van der Waals surface area (Å²) in [4.78, 5) is 24.2. The second-order valence-corrected chi connectivity index (χ2v) is 7.14. The molecule has 8 heteroatoms. The van der Waals surface area contributed by atoms with Gasteiger partial charge in [0.25, 0.3) is 0 Å². The lowest BCUT2D eigenvalue weighted by Crippen LogP contribution is -2.36. The quantitative estimate of drug-likeness (QED) is 0.619. The van der Waals surface area contributed by atoms with Crippen molar-refractivity contribution in [1.82, 2.24) is 15.1 Å². The Morgan fingerprint density at radius 2 is 2.00 bits per heavy atom. The Kier molecular flexibility index (Phi) is 5.65. The third kappa shape index (κ3) is 3.99. The maximum atomic E-state index is 12.2. The second-order valence-electron chi connectivity index (χ2n) is 5.72. The molecule has 1 aromatic carbocycles. The van der Waals surface area contributed by atoms with Crippen molar-refractivity contribution in [1.29, 1.82) is 0 Å². The number of hydrogen-bond donors (Lipinski definition) is 2. The summed E-state index contributed by atoms with van der Waals surface area (Å²) in [6.07, 6.45) is 1.80. The van der Waals surface area contributed by atoms with E-state index in [0.717, 1.165) is 41.3 Å². The Bertz CT molecular complexity index is 789.